The monoisotopic (exact) mass is 258 g/mol. The summed E-state index contributed by atoms with van der Waals surface area (Å²) in [5.74, 6) is 1.07. The van der Waals surface area contributed by atoms with Crippen LogP contribution in [0.1, 0.15) is 36.4 Å². The van der Waals surface area contributed by atoms with Gasteiger partial charge in [0.1, 0.15) is 11.9 Å². The van der Waals surface area contributed by atoms with Gasteiger partial charge in [-0.2, -0.15) is 0 Å². The SMILES string of the molecule is CCCOc1ccccc1C(O)c1ncc(C)cn1. The highest BCUT2D eigenvalue weighted by Gasteiger charge is 2.17. The molecular formula is C15H18N2O2. The fourth-order valence-corrected chi connectivity index (χ4v) is 1.73. The number of benzene rings is 1. The lowest BCUT2D eigenvalue weighted by Gasteiger charge is -2.15. The molecule has 0 aliphatic rings. The minimum Gasteiger partial charge on any atom is -0.493 e. The van der Waals surface area contributed by atoms with Gasteiger partial charge in [0.25, 0.3) is 0 Å². The first-order valence-electron chi connectivity index (χ1n) is 6.40. The standard InChI is InChI=1S/C15H18N2O2/c1-3-8-19-13-7-5-4-6-12(13)14(18)15-16-9-11(2)10-17-15/h4-7,9-10,14,18H,3,8H2,1-2H3. The summed E-state index contributed by atoms with van der Waals surface area (Å²) in [5.41, 5.74) is 1.66. The second-order valence-electron chi connectivity index (χ2n) is 4.41. The molecule has 1 aromatic carbocycles. The molecule has 1 atom stereocenters. The van der Waals surface area contributed by atoms with Crippen molar-refractivity contribution >= 4 is 0 Å². The molecule has 4 heteroatoms. The first kappa shape index (κ1) is 13.5. The Bertz CT molecular complexity index is 526. The quantitative estimate of drug-likeness (QED) is 0.895. The summed E-state index contributed by atoms with van der Waals surface area (Å²) >= 11 is 0. The normalized spacial score (nSPS) is 12.2. The van der Waals surface area contributed by atoms with E-state index in [0.29, 0.717) is 23.7 Å². The van der Waals surface area contributed by atoms with Crippen LogP contribution in [0.5, 0.6) is 5.75 Å². The molecule has 0 bridgehead atoms. The van der Waals surface area contributed by atoms with Crippen molar-refractivity contribution in [1.82, 2.24) is 9.97 Å². The van der Waals surface area contributed by atoms with E-state index < -0.39 is 6.10 Å². The summed E-state index contributed by atoms with van der Waals surface area (Å²) in [5, 5.41) is 10.4. The number of aliphatic hydroxyl groups is 1. The Balaban J connectivity index is 2.27. The number of rotatable bonds is 5. The Kier molecular flexibility index (Phi) is 4.47. The molecule has 0 saturated carbocycles. The summed E-state index contributed by atoms with van der Waals surface area (Å²) in [6, 6.07) is 7.43. The lowest BCUT2D eigenvalue weighted by molar-refractivity contribution is 0.201. The molecule has 4 nitrogen and oxygen atoms in total. The summed E-state index contributed by atoms with van der Waals surface area (Å²) in [6.07, 6.45) is 3.45. The molecule has 0 fully saturated rings. The Morgan fingerprint density at radius 2 is 1.89 bits per heavy atom. The van der Waals surface area contributed by atoms with Gasteiger partial charge >= 0.3 is 0 Å². The Hall–Kier alpha value is -1.94. The van der Waals surface area contributed by atoms with Crippen molar-refractivity contribution in [3.8, 4) is 5.75 Å². The third kappa shape index (κ3) is 3.29. The second-order valence-corrected chi connectivity index (χ2v) is 4.41. The molecule has 0 saturated heterocycles. The largest absolute Gasteiger partial charge is 0.493 e. The smallest absolute Gasteiger partial charge is 0.161 e. The fourth-order valence-electron chi connectivity index (χ4n) is 1.73. The van der Waals surface area contributed by atoms with E-state index in [2.05, 4.69) is 9.97 Å². The molecule has 0 radical (unpaired) electrons. The van der Waals surface area contributed by atoms with Crippen LogP contribution in [0.4, 0.5) is 0 Å². The van der Waals surface area contributed by atoms with Gasteiger partial charge < -0.3 is 9.84 Å². The van der Waals surface area contributed by atoms with E-state index in [1.807, 2.05) is 38.1 Å². The summed E-state index contributed by atoms with van der Waals surface area (Å²) in [6.45, 7) is 4.58. The van der Waals surface area contributed by atoms with Crippen LogP contribution in [-0.2, 0) is 0 Å². The molecule has 0 aliphatic heterocycles. The van der Waals surface area contributed by atoms with Crippen molar-refractivity contribution in [3.05, 3.63) is 53.6 Å². The van der Waals surface area contributed by atoms with Crippen LogP contribution in [-0.4, -0.2) is 21.7 Å². The molecule has 0 spiro atoms. The zero-order chi connectivity index (χ0) is 13.7. The van der Waals surface area contributed by atoms with E-state index >= 15 is 0 Å². The average molecular weight is 258 g/mol. The lowest BCUT2D eigenvalue weighted by Crippen LogP contribution is -2.08. The zero-order valence-corrected chi connectivity index (χ0v) is 11.2. The molecule has 19 heavy (non-hydrogen) atoms. The number of nitrogens with zero attached hydrogens (tertiary/aromatic N) is 2. The molecular weight excluding hydrogens is 240 g/mol. The van der Waals surface area contributed by atoms with E-state index in [4.69, 9.17) is 4.74 Å². The van der Waals surface area contributed by atoms with E-state index in [0.717, 1.165) is 12.0 Å². The Morgan fingerprint density at radius 1 is 1.21 bits per heavy atom. The first-order chi connectivity index (χ1) is 9.22. The summed E-state index contributed by atoms with van der Waals surface area (Å²) in [4.78, 5) is 8.32. The van der Waals surface area contributed by atoms with Crippen LogP contribution in [0.3, 0.4) is 0 Å². The lowest BCUT2D eigenvalue weighted by atomic mass is 10.1. The molecule has 2 aromatic rings. The van der Waals surface area contributed by atoms with Crippen molar-refractivity contribution in [2.45, 2.75) is 26.4 Å². The van der Waals surface area contributed by atoms with E-state index in [9.17, 15) is 5.11 Å². The number of aromatic nitrogens is 2. The summed E-state index contributed by atoms with van der Waals surface area (Å²) in [7, 11) is 0. The molecule has 1 heterocycles. The number of aliphatic hydroxyl groups excluding tert-OH is 1. The predicted molar refractivity (Wildman–Crippen MR) is 73.1 cm³/mol. The highest BCUT2D eigenvalue weighted by Crippen LogP contribution is 2.28. The third-order valence-corrected chi connectivity index (χ3v) is 2.72. The minimum atomic E-state index is -0.867. The molecule has 1 unspecified atom stereocenters. The number of hydrogen-bond acceptors (Lipinski definition) is 4. The van der Waals surface area contributed by atoms with Crippen LogP contribution in [0.25, 0.3) is 0 Å². The van der Waals surface area contributed by atoms with Crippen LogP contribution in [0.2, 0.25) is 0 Å². The molecule has 1 aromatic heterocycles. The van der Waals surface area contributed by atoms with E-state index in [1.54, 1.807) is 12.4 Å². The van der Waals surface area contributed by atoms with E-state index in [1.165, 1.54) is 0 Å². The van der Waals surface area contributed by atoms with Gasteiger partial charge in [-0.05, 0) is 25.0 Å². The molecule has 1 N–H and O–H groups in total. The van der Waals surface area contributed by atoms with Crippen molar-refractivity contribution in [3.63, 3.8) is 0 Å². The van der Waals surface area contributed by atoms with Crippen LogP contribution in [0.15, 0.2) is 36.7 Å². The highest BCUT2D eigenvalue weighted by atomic mass is 16.5. The van der Waals surface area contributed by atoms with Gasteiger partial charge in [-0.15, -0.1) is 0 Å². The Labute approximate surface area is 113 Å². The molecule has 2 rings (SSSR count). The van der Waals surface area contributed by atoms with Gasteiger partial charge in [-0.25, -0.2) is 9.97 Å². The predicted octanol–water partition coefficient (Wildman–Crippen LogP) is 2.66. The van der Waals surface area contributed by atoms with Crippen LogP contribution < -0.4 is 4.74 Å². The maximum Gasteiger partial charge on any atom is 0.161 e. The maximum atomic E-state index is 10.4. The van der Waals surface area contributed by atoms with Gasteiger partial charge in [0.15, 0.2) is 5.82 Å². The average Bonchev–Trinajstić information content (AvgIpc) is 2.45. The molecule has 100 valence electrons. The van der Waals surface area contributed by atoms with Crippen molar-refractivity contribution < 1.29 is 9.84 Å². The Morgan fingerprint density at radius 3 is 2.58 bits per heavy atom. The number of para-hydroxylation sites is 1. The van der Waals surface area contributed by atoms with Crippen LogP contribution >= 0.6 is 0 Å². The van der Waals surface area contributed by atoms with Crippen molar-refractivity contribution in [2.24, 2.45) is 0 Å². The maximum absolute atomic E-state index is 10.4. The third-order valence-electron chi connectivity index (χ3n) is 2.72. The fraction of sp³-hybridized carbons (Fsp3) is 0.333. The van der Waals surface area contributed by atoms with Gasteiger partial charge in [-0.3, -0.25) is 0 Å². The number of hydrogen-bond donors (Lipinski definition) is 1. The first-order valence-corrected chi connectivity index (χ1v) is 6.40. The molecule has 0 amide bonds. The van der Waals surface area contributed by atoms with Gasteiger partial charge in [0.2, 0.25) is 0 Å². The topological polar surface area (TPSA) is 55.2 Å². The second kappa shape index (κ2) is 6.29. The van der Waals surface area contributed by atoms with Crippen molar-refractivity contribution in [2.75, 3.05) is 6.61 Å². The zero-order valence-electron chi connectivity index (χ0n) is 11.2. The van der Waals surface area contributed by atoms with Gasteiger partial charge in [-0.1, -0.05) is 25.1 Å². The van der Waals surface area contributed by atoms with Crippen LogP contribution in [0, 0.1) is 6.92 Å². The minimum absolute atomic E-state index is 0.387. The van der Waals surface area contributed by atoms with Gasteiger partial charge in [0, 0.05) is 18.0 Å². The number of aryl methyl sites for hydroxylation is 1. The number of ether oxygens (including phenoxy) is 1. The van der Waals surface area contributed by atoms with Crippen molar-refractivity contribution in [1.29, 1.82) is 0 Å². The van der Waals surface area contributed by atoms with Gasteiger partial charge in [0.05, 0.1) is 6.61 Å². The summed E-state index contributed by atoms with van der Waals surface area (Å²) < 4.78 is 5.64. The molecule has 0 aliphatic carbocycles. The van der Waals surface area contributed by atoms with E-state index in [-0.39, 0.29) is 0 Å². The highest BCUT2D eigenvalue weighted by molar-refractivity contribution is 5.37.